The molecule has 1 saturated heterocycles. The van der Waals surface area contributed by atoms with Crippen LogP contribution >= 0.6 is 11.8 Å². The largest absolute Gasteiger partial charge is 0.478 e. The average Bonchev–Trinajstić information content (AvgIpc) is 2.89. The van der Waals surface area contributed by atoms with Crippen molar-refractivity contribution in [1.82, 2.24) is 9.88 Å². The number of carbonyl (C=O) groups excluding carboxylic acids is 2. The molecule has 1 aliphatic heterocycles. The molecule has 3 amide bonds. The highest BCUT2D eigenvalue weighted by Crippen LogP contribution is 2.37. The monoisotopic (exact) mass is 411 g/mol. The van der Waals surface area contributed by atoms with Crippen LogP contribution in [0, 0.1) is 0 Å². The van der Waals surface area contributed by atoms with Gasteiger partial charge in [0.2, 0.25) is 5.88 Å². The number of hydrogen-bond acceptors (Lipinski definition) is 5. The third-order valence-corrected chi connectivity index (χ3v) is 4.57. The van der Waals surface area contributed by atoms with E-state index >= 15 is 0 Å². The van der Waals surface area contributed by atoms with Crippen molar-refractivity contribution in [1.29, 1.82) is 0 Å². The number of nitrogens with zero attached hydrogens (tertiary/aromatic N) is 3. The Morgan fingerprint density at radius 2 is 1.89 bits per heavy atom. The van der Waals surface area contributed by atoms with E-state index in [1.165, 1.54) is 29.2 Å². The molecule has 10 heteroatoms. The van der Waals surface area contributed by atoms with E-state index in [1.807, 2.05) is 6.92 Å². The molecule has 0 radical (unpaired) electrons. The number of carbonyl (C=O) groups is 2. The highest BCUT2D eigenvalue weighted by atomic mass is 32.2. The molecule has 148 valence electrons. The number of pyridine rings is 1. The number of amides is 3. The van der Waals surface area contributed by atoms with E-state index in [0.29, 0.717) is 12.5 Å². The summed E-state index contributed by atoms with van der Waals surface area (Å²) < 4.78 is 42.6. The number of imide groups is 1. The Labute approximate surface area is 163 Å². The van der Waals surface area contributed by atoms with Gasteiger partial charge in [0.05, 0.1) is 12.3 Å². The van der Waals surface area contributed by atoms with E-state index in [1.54, 1.807) is 18.3 Å². The van der Waals surface area contributed by atoms with E-state index in [4.69, 9.17) is 4.74 Å². The molecule has 0 unspecified atom stereocenters. The summed E-state index contributed by atoms with van der Waals surface area (Å²) in [6.45, 7) is 2.34. The van der Waals surface area contributed by atoms with Gasteiger partial charge >= 0.3 is 11.5 Å². The average molecular weight is 411 g/mol. The topological polar surface area (TPSA) is 62.7 Å². The third kappa shape index (κ3) is 4.75. The number of aromatic nitrogens is 1. The lowest BCUT2D eigenvalue weighted by atomic mass is 10.2. The maximum Gasteiger partial charge on any atom is 0.446 e. The molecular weight excluding hydrogens is 395 g/mol. The van der Waals surface area contributed by atoms with Crippen LogP contribution in [0.15, 0.2) is 47.5 Å². The van der Waals surface area contributed by atoms with Crippen LogP contribution < -0.4 is 9.64 Å². The molecule has 0 saturated carbocycles. The second-order valence-corrected chi connectivity index (χ2v) is 6.98. The van der Waals surface area contributed by atoms with Crippen LogP contribution in [-0.2, 0) is 11.3 Å². The van der Waals surface area contributed by atoms with Crippen LogP contribution in [0.25, 0.3) is 0 Å². The molecule has 2 aromatic rings. The number of rotatable bonds is 6. The summed E-state index contributed by atoms with van der Waals surface area (Å²) in [6.07, 6.45) is 1.55. The number of alkyl halides is 3. The van der Waals surface area contributed by atoms with Gasteiger partial charge in [0.1, 0.15) is 6.54 Å². The Kier molecular flexibility index (Phi) is 5.78. The number of hydrogen-bond donors (Lipinski definition) is 0. The van der Waals surface area contributed by atoms with Crippen molar-refractivity contribution in [2.45, 2.75) is 23.9 Å². The van der Waals surface area contributed by atoms with Gasteiger partial charge in [-0.25, -0.2) is 14.7 Å². The van der Waals surface area contributed by atoms with Crippen LogP contribution in [0.3, 0.4) is 0 Å². The first-order valence-electron chi connectivity index (χ1n) is 8.32. The standard InChI is InChI=1S/C18H16F3N3O3S/c1-2-27-15-9-12(7-8-22-15)10-23-11-16(25)24(17(23)26)13-3-5-14(6-4-13)28-18(19,20)21/h3-9H,2,10-11H2,1H3. The summed E-state index contributed by atoms with van der Waals surface area (Å²) in [5.74, 6) is -0.0205. The second-order valence-electron chi connectivity index (χ2n) is 5.84. The first-order valence-corrected chi connectivity index (χ1v) is 9.14. The maximum absolute atomic E-state index is 12.6. The van der Waals surface area contributed by atoms with E-state index in [9.17, 15) is 22.8 Å². The zero-order chi connectivity index (χ0) is 20.3. The quantitative estimate of drug-likeness (QED) is 0.530. The van der Waals surface area contributed by atoms with Gasteiger partial charge in [-0.15, -0.1) is 0 Å². The summed E-state index contributed by atoms with van der Waals surface area (Å²) in [6, 6.07) is 7.98. The van der Waals surface area contributed by atoms with Crippen LogP contribution in [-0.4, -0.2) is 40.5 Å². The minimum absolute atomic E-state index is 0.0209. The molecule has 1 fully saturated rings. The van der Waals surface area contributed by atoms with Gasteiger partial charge in [-0.05, 0) is 54.6 Å². The fraction of sp³-hybridized carbons (Fsp3) is 0.278. The molecule has 0 aliphatic carbocycles. The number of urea groups is 1. The predicted molar refractivity (Wildman–Crippen MR) is 97.1 cm³/mol. The predicted octanol–water partition coefficient (Wildman–Crippen LogP) is 4.06. The van der Waals surface area contributed by atoms with Gasteiger partial charge in [0.15, 0.2) is 0 Å². The van der Waals surface area contributed by atoms with Crippen molar-refractivity contribution in [2.24, 2.45) is 0 Å². The highest BCUT2D eigenvalue weighted by molar-refractivity contribution is 8.00. The molecule has 0 N–H and O–H groups in total. The number of thioether (sulfide) groups is 1. The van der Waals surface area contributed by atoms with Crippen molar-refractivity contribution in [3.05, 3.63) is 48.2 Å². The van der Waals surface area contributed by atoms with Crippen molar-refractivity contribution in [3.8, 4) is 5.88 Å². The number of benzene rings is 1. The molecular formula is C18H16F3N3O3S. The highest BCUT2D eigenvalue weighted by Gasteiger charge is 2.37. The summed E-state index contributed by atoms with van der Waals surface area (Å²) in [7, 11) is 0. The van der Waals surface area contributed by atoms with Crippen LogP contribution in [0.1, 0.15) is 12.5 Å². The Morgan fingerprint density at radius 1 is 1.18 bits per heavy atom. The summed E-state index contributed by atoms with van der Waals surface area (Å²) in [5, 5.41) is 0. The smallest absolute Gasteiger partial charge is 0.446 e. The summed E-state index contributed by atoms with van der Waals surface area (Å²) >= 11 is -0.255. The minimum Gasteiger partial charge on any atom is -0.478 e. The second kappa shape index (κ2) is 8.09. The number of ether oxygens (including phenoxy) is 1. The van der Waals surface area contributed by atoms with Gasteiger partial charge in [-0.3, -0.25) is 4.79 Å². The Bertz CT molecular complexity index is 874. The van der Waals surface area contributed by atoms with Crippen molar-refractivity contribution < 1.29 is 27.5 Å². The van der Waals surface area contributed by atoms with Crippen LogP contribution in [0.2, 0.25) is 0 Å². The van der Waals surface area contributed by atoms with Crippen molar-refractivity contribution in [3.63, 3.8) is 0 Å². The molecule has 3 rings (SSSR count). The normalized spacial score (nSPS) is 14.7. The lowest BCUT2D eigenvalue weighted by Crippen LogP contribution is -2.32. The van der Waals surface area contributed by atoms with E-state index in [0.717, 1.165) is 10.5 Å². The molecule has 0 bridgehead atoms. The molecule has 0 spiro atoms. The number of halogens is 3. The first kappa shape index (κ1) is 20.0. The minimum atomic E-state index is -4.40. The van der Waals surface area contributed by atoms with Gasteiger partial charge in [-0.1, -0.05) is 0 Å². The molecule has 0 atom stereocenters. The SMILES string of the molecule is CCOc1cc(CN2CC(=O)N(c3ccc(SC(F)(F)F)cc3)C2=O)ccn1. The molecule has 1 aliphatic rings. The van der Waals surface area contributed by atoms with Crippen LogP contribution in [0.5, 0.6) is 5.88 Å². The zero-order valence-corrected chi connectivity index (χ0v) is 15.6. The van der Waals surface area contributed by atoms with Crippen LogP contribution in [0.4, 0.5) is 23.7 Å². The Morgan fingerprint density at radius 3 is 2.54 bits per heavy atom. The van der Waals surface area contributed by atoms with E-state index < -0.39 is 17.4 Å². The third-order valence-electron chi connectivity index (χ3n) is 3.83. The van der Waals surface area contributed by atoms with Gasteiger partial charge in [0, 0.05) is 23.7 Å². The van der Waals surface area contributed by atoms with Crippen molar-refractivity contribution in [2.75, 3.05) is 18.1 Å². The Hall–Kier alpha value is -2.75. The zero-order valence-electron chi connectivity index (χ0n) is 14.8. The molecule has 6 nitrogen and oxygen atoms in total. The lowest BCUT2D eigenvalue weighted by Gasteiger charge is -2.17. The van der Waals surface area contributed by atoms with E-state index in [2.05, 4.69) is 4.98 Å². The first-order chi connectivity index (χ1) is 13.3. The lowest BCUT2D eigenvalue weighted by molar-refractivity contribution is -0.116. The molecule has 28 heavy (non-hydrogen) atoms. The van der Waals surface area contributed by atoms with E-state index in [-0.39, 0.29) is 35.4 Å². The summed E-state index contributed by atoms with van der Waals surface area (Å²) in [4.78, 5) is 31.3. The van der Waals surface area contributed by atoms with Gasteiger partial charge in [0.25, 0.3) is 5.91 Å². The maximum atomic E-state index is 12.6. The number of anilines is 1. The summed E-state index contributed by atoms with van der Waals surface area (Å²) in [5.41, 5.74) is -3.42. The van der Waals surface area contributed by atoms with Gasteiger partial charge < -0.3 is 9.64 Å². The molecule has 1 aromatic heterocycles. The fourth-order valence-electron chi connectivity index (χ4n) is 2.72. The Balaban J connectivity index is 1.72. The molecule has 1 aromatic carbocycles. The van der Waals surface area contributed by atoms with Gasteiger partial charge in [-0.2, -0.15) is 13.2 Å². The van der Waals surface area contributed by atoms with Crippen molar-refractivity contribution >= 4 is 29.4 Å². The molecule has 2 heterocycles. The fourth-order valence-corrected chi connectivity index (χ4v) is 3.26.